The zero-order valence-electron chi connectivity index (χ0n) is 10.4. The van der Waals surface area contributed by atoms with E-state index >= 15 is 0 Å². The number of rotatable bonds is 3. The van der Waals surface area contributed by atoms with Gasteiger partial charge in [-0.15, -0.1) is 0 Å². The van der Waals surface area contributed by atoms with Crippen LogP contribution in [0.25, 0.3) is 0 Å². The Morgan fingerprint density at radius 3 is 2.62 bits per heavy atom. The van der Waals surface area contributed by atoms with Crippen LogP contribution < -0.4 is 5.32 Å². The van der Waals surface area contributed by atoms with E-state index in [-0.39, 0.29) is 5.41 Å². The van der Waals surface area contributed by atoms with Gasteiger partial charge in [-0.1, -0.05) is 13.3 Å². The fourth-order valence-electron chi connectivity index (χ4n) is 3.20. The Hall–Kier alpha value is -0.570. The maximum Gasteiger partial charge on any atom is 0.230 e. The smallest absolute Gasteiger partial charge is 0.230 e. The third-order valence-electron chi connectivity index (χ3n) is 4.05. The lowest BCUT2D eigenvalue weighted by molar-refractivity contribution is -0.142. The summed E-state index contributed by atoms with van der Waals surface area (Å²) in [5.74, 6) is 0.430. The SMILES string of the molecule is CCCC1(C(=O)N2CCCC2)CCCNC1. The monoisotopic (exact) mass is 224 g/mol. The van der Waals surface area contributed by atoms with E-state index in [1.54, 1.807) is 0 Å². The topological polar surface area (TPSA) is 32.3 Å². The van der Waals surface area contributed by atoms with Gasteiger partial charge in [-0.25, -0.2) is 0 Å². The fraction of sp³-hybridized carbons (Fsp3) is 0.923. The highest BCUT2D eigenvalue weighted by Gasteiger charge is 2.41. The van der Waals surface area contributed by atoms with Crippen LogP contribution in [0.2, 0.25) is 0 Å². The largest absolute Gasteiger partial charge is 0.342 e. The molecular formula is C13H24N2O. The van der Waals surface area contributed by atoms with Crippen molar-refractivity contribution in [2.45, 2.75) is 45.4 Å². The molecule has 2 aliphatic heterocycles. The third kappa shape index (κ3) is 2.24. The summed E-state index contributed by atoms with van der Waals surface area (Å²) >= 11 is 0. The highest BCUT2D eigenvalue weighted by atomic mass is 16.2. The van der Waals surface area contributed by atoms with Crippen LogP contribution in [0.1, 0.15) is 45.4 Å². The summed E-state index contributed by atoms with van der Waals surface area (Å²) in [5.41, 5.74) is -0.0721. The maximum atomic E-state index is 12.6. The summed E-state index contributed by atoms with van der Waals surface area (Å²) in [6.45, 7) is 6.15. The average Bonchev–Trinajstić information content (AvgIpc) is 2.83. The number of piperidine rings is 1. The predicted octanol–water partition coefficient (Wildman–Crippen LogP) is 1.78. The van der Waals surface area contributed by atoms with Crippen molar-refractivity contribution in [3.05, 3.63) is 0 Å². The van der Waals surface area contributed by atoms with Gasteiger partial charge in [-0.3, -0.25) is 4.79 Å². The van der Waals surface area contributed by atoms with Gasteiger partial charge >= 0.3 is 0 Å². The molecule has 0 saturated carbocycles. The molecule has 2 aliphatic rings. The molecule has 2 heterocycles. The molecule has 0 aromatic heterocycles. The van der Waals surface area contributed by atoms with E-state index in [4.69, 9.17) is 0 Å². The van der Waals surface area contributed by atoms with Crippen LogP contribution in [0.5, 0.6) is 0 Å². The average molecular weight is 224 g/mol. The zero-order valence-corrected chi connectivity index (χ0v) is 10.4. The maximum absolute atomic E-state index is 12.6. The Morgan fingerprint density at radius 2 is 2.06 bits per heavy atom. The molecular weight excluding hydrogens is 200 g/mol. The van der Waals surface area contributed by atoms with E-state index in [0.717, 1.165) is 51.9 Å². The van der Waals surface area contributed by atoms with Gasteiger partial charge in [0.15, 0.2) is 0 Å². The molecule has 1 amide bonds. The second kappa shape index (κ2) is 5.17. The van der Waals surface area contributed by atoms with Gasteiger partial charge in [0.2, 0.25) is 5.91 Å². The fourth-order valence-corrected chi connectivity index (χ4v) is 3.20. The van der Waals surface area contributed by atoms with Crippen LogP contribution in [-0.2, 0) is 4.79 Å². The molecule has 1 unspecified atom stereocenters. The molecule has 92 valence electrons. The van der Waals surface area contributed by atoms with E-state index in [0.29, 0.717) is 5.91 Å². The van der Waals surface area contributed by atoms with Crippen LogP contribution in [0.15, 0.2) is 0 Å². The van der Waals surface area contributed by atoms with Gasteiger partial charge in [-0.05, 0) is 38.6 Å². The molecule has 0 radical (unpaired) electrons. The standard InChI is InChI=1S/C13H24N2O/c1-2-6-13(7-5-8-14-11-13)12(16)15-9-3-4-10-15/h14H,2-11H2,1H3. The molecule has 0 bridgehead atoms. The first-order valence-corrected chi connectivity index (χ1v) is 6.79. The van der Waals surface area contributed by atoms with Crippen molar-refractivity contribution in [2.75, 3.05) is 26.2 Å². The molecule has 16 heavy (non-hydrogen) atoms. The van der Waals surface area contributed by atoms with Gasteiger partial charge in [0.05, 0.1) is 5.41 Å². The number of carbonyl (C=O) groups is 1. The number of hydrogen-bond donors (Lipinski definition) is 1. The highest BCUT2D eigenvalue weighted by molar-refractivity contribution is 5.83. The highest BCUT2D eigenvalue weighted by Crippen LogP contribution is 2.34. The molecule has 3 heteroatoms. The number of nitrogens with one attached hydrogen (secondary N) is 1. The van der Waals surface area contributed by atoms with Crippen molar-refractivity contribution < 1.29 is 4.79 Å². The van der Waals surface area contributed by atoms with E-state index in [1.165, 1.54) is 12.8 Å². The Balaban J connectivity index is 2.07. The third-order valence-corrected chi connectivity index (χ3v) is 4.05. The Kier molecular flexibility index (Phi) is 3.85. The number of nitrogens with zero attached hydrogens (tertiary/aromatic N) is 1. The summed E-state index contributed by atoms with van der Waals surface area (Å²) in [5, 5.41) is 3.42. The zero-order chi connectivity index (χ0) is 11.4. The molecule has 0 aromatic rings. The molecule has 2 saturated heterocycles. The molecule has 0 aliphatic carbocycles. The van der Waals surface area contributed by atoms with Gasteiger partial charge in [0, 0.05) is 19.6 Å². The Labute approximate surface area is 98.6 Å². The van der Waals surface area contributed by atoms with E-state index < -0.39 is 0 Å². The molecule has 1 atom stereocenters. The summed E-state index contributed by atoms with van der Waals surface area (Å²) in [6.07, 6.45) is 6.79. The number of likely N-dealkylation sites (tertiary alicyclic amines) is 1. The van der Waals surface area contributed by atoms with E-state index in [9.17, 15) is 4.79 Å². The summed E-state index contributed by atoms with van der Waals surface area (Å²) < 4.78 is 0. The number of amides is 1. The van der Waals surface area contributed by atoms with Crippen molar-refractivity contribution in [3.8, 4) is 0 Å². The molecule has 2 rings (SSSR count). The first-order chi connectivity index (χ1) is 7.78. The van der Waals surface area contributed by atoms with Crippen molar-refractivity contribution >= 4 is 5.91 Å². The van der Waals surface area contributed by atoms with Gasteiger partial charge in [-0.2, -0.15) is 0 Å². The Morgan fingerprint density at radius 1 is 1.31 bits per heavy atom. The first kappa shape index (κ1) is 11.9. The lowest BCUT2D eigenvalue weighted by atomic mass is 9.76. The summed E-state index contributed by atoms with van der Waals surface area (Å²) in [7, 11) is 0. The molecule has 2 fully saturated rings. The minimum atomic E-state index is -0.0721. The van der Waals surface area contributed by atoms with Gasteiger partial charge in [0.1, 0.15) is 0 Å². The molecule has 3 nitrogen and oxygen atoms in total. The summed E-state index contributed by atoms with van der Waals surface area (Å²) in [4.78, 5) is 14.7. The van der Waals surface area contributed by atoms with E-state index in [2.05, 4.69) is 17.1 Å². The first-order valence-electron chi connectivity index (χ1n) is 6.79. The molecule has 0 spiro atoms. The minimum Gasteiger partial charge on any atom is -0.342 e. The van der Waals surface area contributed by atoms with Gasteiger partial charge in [0.25, 0.3) is 0 Å². The lowest BCUT2D eigenvalue weighted by Crippen LogP contribution is -2.51. The van der Waals surface area contributed by atoms with Crippen molar-refractivity contribution in [2.24, 2.45) is 5.41 Å². The van der Waals surface area contributed by atoms with Crippen LogP contribution in [0.4, 0.5) is 0 Å². The Bertz CT molecular complexity index is 235. The van der Waals surface area contributed by atoms with Crippen LogP contribution in [0.3, 0.4) is 0 Å². The van der Waals surface area contributed by atoms with Crippen LogP contribution >= 0.6 is 0 Å². The van der Waals surface area contributed by atoms with Crippen molar-refractivity contribution in [3.63, 3.8) is 0 Å². The minimum absolute atomic E-state index is 0.0721. The second-order valence-corrected chi connectivity index (χ2v) is 5.31. The quantitative estimate of drug-likeness (QED) is 0.792. The molecule has 1 N–H and O–H groups in total. The number of hydrogen-bond acceptors (Lipinski definition) is 2. The second-order valence-electron chi connectivity index (χ2n) is 5.31. The predicted molar refractivity (Wildman–Crippen MR) is 65.3 cm³/mol. The normalized spacial score (nSPS) is 30.7. The van der Waals surface area contributed by atoms with Crippen molar-refractivity contribution in [1.82, 2.24) is 10.2 Å². The van der Waals surface area contributed by atoms with Crippen molar-refractivity contribution in [1.29, 1.82) is 0 Å². The molecule has 0 aromatic carbocycles. The van der Waals surface area contributed by atoms with E-state index in [1.807, 2.05) is 0 Å². The van der Waals surface area contributed by atoms with Crippen LogP contribution in [0, 0.1) is 5.41 Å². The van der Waals surface area contributed by atoms with Crippen LogP contribution in [-0.4, -0.2) is 37.0 Å². The lowest BCUT2D eigenvalue weighted by Gasteiger charge is -2.39. The van der Waals surface area contributed by atoms with Gasteiger partial charge < -0.3 is 10.2 Å². The number of carbonyl (C=O) groups excluding carboxylic acids is 1. The summed E-state index contributed by atoms with van der Waals surface area (Å²) in [6, 6.07) is 0.